The molecular weight excluding hydrogens is 358 g/mol. The molecule has 0 radical (unpaired) electrons. The normalized spacial score (nSPS) is 14.3. The third-order valence-electron chi connectivity index (χ3n) is 4.86. The van der Waals surface area contributed by atoms with Gasteiger partial charge < -0.3 is 15.7 Å². The van der Waals surface area contributed by atoms with Crippen LogP contribution < -0.4 is 10.6 Å². The predicted octanol–water partition coefficient (Wildman–Crippen LogP) is 3.23. The van der Waals surface area contributed by atoms with Gasteiger partial charge in [-0.15, -0.1) is 0 Å². The molecule has 0 spiro atoms. The van der Waals surface area contributed by atoms with E-state index in [2.05, 4.69) is 15.6 Å². The molecule has 1 fully saturated rings. The van der Waals surface area contributed by atoms with Crippen LogP contribution in [0, 0.1) is 5.92 Å². The highest BCUT2D eigenvalue weighted by molar-refractivity contribution is 5.96. The summed E-state index contributed by atoms with van der Waals surface area (Å²) in [6.45, 7) is 0.261. The fourth-order valence-electron chi connectivity index (χ4n) is 3.34. The minimum atomic E-state index is -1.18. The zero-order valence-electron chi connectivity index (χ0n) is 15.5. The van der Waals surface area contributed by atoms with Crippen molar-refractivity contribution in [3.05, 3.63) is 59.4 Å². The molecule has 0 bridgehead atoms. The highest BCUT2D eigenvalue weighted by atomic mass is 16.4. The maximum atomic E-state index is 12.4. The second kappa shape index (κ2) is 9.12. The van der Waals surface area contributed by atoms with Crippen molar-refractivity contribution in [3.8, 4) is 0 Å². The Hall–Kier alpha value is -3.22. The Bertz CT molecular complexity index is 875. The number of carboxylic acid groups (broad SMARTS) is 1. The van der Waals surface area contributed by atoms with E-state index in [0.717, 1.165) is 31.2 Å². The smallest absolute Gasteiger partial charge is 0.354 e. The minimum Gasteiger partial charge on any atom is -0.477 e. The Balaban J connectivity index is 1.58. The molecule has 1 heterocycles. The van der Waals surface area contributed by atoms with Gasteiger partial charge in [0.15, 0.2) is 0 Å². The van der Waals surface area contributed by atoms with Crippen molar-refractivity contribution in [3.63, 3.8) is 0 Å². The van der Waals surface area contributed by atoms with Crippen molar-refractivity contribution in [2.75, 3.05) is 5.32 Å². The van der Waals surface area contributed by atoms with E-state index in [1.807, 2.05) is 24.3 Å². The summed E-state index contributed by atoms with van der Waals surface area (Å²) in [5, 5.41) is 14.7. The van der Waals surface area contributed by atoms with E-state index in [1.54, 1.807) is 0 Å². The van der Waals surface area contributed by atoms with Crippen LogP contribution in [0.2, 0.25) is 0 Å². The predicted molar refractivity (Wildman–Crippen MR) is 104 cm³/mol. The van der Waals surface area contributed by atoms with Gasteiger partial charge in [0, 0.05) is 29.9 Å². The third-order valence-corrected chi connectivity index (χ3v) is 4.86. The van der Waals surface area contributed by atoms with Gasteiger partial charge in [-0.05, 0) is 42.7 Å². The molecule has 0 saturated heterocycles. The number of carbonyl (C=O) groups excluding carboxylic acids is 2. The number of nitrogens with one attached hydrogen (secondary N) is 2. The van der Waals surface area contributed by atoms with Crippen molar-refractivity contribution in [1.82, 2.24) is 10.3 Å². The fourth-order valence-corrected chi connectivity index (χ4v) is 3.34. The van der Waals surface area contributed by atoms with E-state index in [0.29, 0.717) is 5.69 Å². The summed E-state index contributed by atoms with van der Waals surface area (Å²) in [5.74, 6) is -1.44. The van der Waals surface area contributed by atoms with Crippen molar-refractivity contribution in [1.29, 1.82) is 0 Å². The number of aromatic nitrogens is 1. The molecular formula is C21H23N3O4. The number of carbonyl (C=O) groups is 3. The Kier molecular flexibility index (Phi) is 6.37. The summed E-state index contributed by atoms with van der Waals surface area (Å²) in [5.41, 5.74) is 1.59. The molecule has 0 unspecified atom stereocenters. The second-order valence-electron chi connectivity index (χ2n) is 6.94. The number of amides is 2. The first-order valence-corrected chi connectivity index (χ1v) is 9.40. The number of pyridine rings is 1. The summed E-state index contributed by atoms with van der Waals surface area (Å²) in [4.78, 5) is 39.3. The lowest BCUT2D eigenvalue weighted by Gasteiger charge is -2.20. The van der Waals surface area contributed by atoms with Gasteiger partial charge in [-0.1, -0.05) is 31.4 Å². The number of nitrogens with zero attached hydrogens (tertiary/aromatic N) is 1. The quantitative estimate of drug-likeness (QED) is 0.712. The lowest BCUT2D eigenvalue weighted by molar-refractivity contribution is -0.120. The maximum Gasteiger partial charge on any atom is 0.354 e. The summed E-state index contributed by atoms with van der Waals surface area (Å²) in [7, 11) is 0. The second-order valence-corrected chi connectivity index (χ2v) is 6.94. The SMILES string of the molecule is O=C(NCc1cccc(NC(=O)C2CCCCC2)c1)c1ccnc(C(=O)O)c1. The van der Waals surface area contributed by atoms with Crippen molar-refractivity contribution < 1.29 is 19.5 Å². The van der Waals surface area contributed by atoms with Gasteiger partial charge in [-0.25, -0.2) is 9.78 Å². The molecule has 7 nitrogen and oxygen atoms in total. The topological polar surface area (TPSA) is 108 Å². The van der Waals surface area contributed by atoms with Crippen LogP contribution >= 0.6 is 0 Å². The van der Waals surface area contributed by atoms with E-state index in [-0.39, 0.29) is 35.5 Å². The molecule has 146 valence electrons. The van der Waals surface area contributed by atoms with Crippen LogP contribution in [-0.4, -0.2) is 27.9 Å². The van der Waals surface area contributed by atoms with Crippen LogP contribution in [0.25, 0.3) is 0 Å². The maximum absolute atomic E-state index is 12.4. The number of hydrogen-bond acceptors (Lipinski definition) is 4. The van der Waals surface area contributed by atoms with Gasteiger partial charge in [-0.2, -0.15) is 0 Å². The first kappa shape index (κ1) is 19.5. The van der Waals surface area contributed by atoms with Gasteiger partial charge in [0.25, 0.3) is 5.91 Å². The van der Waals surface area contributed by atoms with Crippen LogP contribution in [0.5, 0.6) is 0 Å². The van der Waals surface area contributed by atoms with Crippen LogP contribution in [0.15, 0.2) is 42.6 Å². The molecule has 3 N–H and O–H groups in total. The molecule has 0 atom stereocenters. The average Bonchev–Trinajstić information content (AvgIpc) is 2.73. The highest BCUT2D eigenvalue weighted by Gasteiger charge is 2.21. The first-order valence-electron chi connectivity index (χ1n) is 9.40. The van der Waals surface area contributed by atoms with Crippen LogP contribution in [0.3, 0.4) is 0 Å². The zero-order valence-corrected chi connectivity index (χ0v) is 15.5. The Labute approximate surface area is 163 Å². The lowest BCUT2D eigenvalue weighted by Crippen LogP contribution is -2.25. The molecule has 1 aromatic heterocycles. The fraction of sp³-hybridized carbons (Fsp3) is 0.333. The minimum absolute atomic E-state index is 0.0545. The molecule has 2 aromatic rings. The van der Waals surface area contributed by atoms with Crippen LogP contribution in [0.1, 0.15) is 58.5 Å². The van der Waals surface area contributed by atoms with Gasteiger partial charge in [0.05, 0.1) is 0 Å². The van der Waals surface area contributed by atoms with E-state index >= 15 is 0 Å². The van der Waals surface area contributed by atoms with Gasteiger partial charge in [0.2, 0.25) is 5.91 Å². The van der Waals surface area contributed by atoms with Crippen molar-refractivity contribution >= 4 is 23.5 Å². The van der Waals surface area contributed by atoms with Crippen molar-refractivity contribution in [2.24, 2.45) is 5.92 Å². The molecule has 3 rings (SSSR count). The summed E-state index contributed by atoms with van der Waals surface area (Å²) in [6, 6.07) is 10.0. The molecule has 1 aliphatic rings. The molecule has 28 heavy (non-hydrogen) atoms. The Morgan fingerprint density at radius 1 is 1.07 bits per heavy atom. The van der Waals surface area contributed by atoms with Crippen molar-refractivity contribution in [2.45, 2.75) is 38.6 Å². The van der Waals surface area contributed by atoms with Crippen LogP contribution in [0.4, 0.5) is 5.69 Å². The average molecular weight is 381 g/mol. The molecule has 2 amide bonds. The number of aromatic carboxylic acids is 1. The summed E-state index contributed by atoms with van der Waals surface area (Å²) >= 11 is 0. The van der Waals surface area contributed by atoms with E-state index in [1.165, 1.54) is 24.8 Å². The summed E-state index contributed by atoms with van der Waals surface area (Å²) < 4.78 is 0. The van der Waals surface area contributed by atoms with Gasteiger partial charge >= 0.3 is 5.97 Å². The molecule has 0 aliphatic heterocycles. The number of carboxylic acids is 1. The number of hydrogen-bond donors (Lipinski definition) is 3. The monoisotopic (exact) mass is 381 g/mol. The number of benzene rings is 1. The van der Waals surface area contributed by atoms with E-state index in [4.69, 9.17) is 5.11 Å². The number of anilines is 1. The molecule has 7 heteroatoms. The zero-order chi connectivity index (χ0) is 19.9. The third kappa shape index (κ3) is 5.16. The Morgan fingerprint density at radius 3 is 2.61 bits per heavy atom. The summed E-state index contributed by atoms with van der Waals surface area (Å²) in [6.07, 6.45) is 6.56. The van der Waals surface area contributed by atoms with Gasteiger partial charge in [0.1, 0.15) is 5.69 Å². The lowest BCUT2D eigenvalue weighted by atomic mass is 9.88. The van der Waals surface area contributed by atoms with Gasteiger partial charge in [-0.3, -0.25) is 9.59 Å². The number of rotatable bonds is 6. The molecule has 1 saturated carbocycles. The Morgan fingerprint density at radius 2 is 1.86 bits per heavy atom. The molecule has 1 aliphatic carbocycles. The van der Waals surface area contributed by atoms with Crippen LogP contribution in [-0.2, 0) is 11.3 Å². The van der Waals surface area contributed by atoms with E-state index < -0.39 is 5.97 Å². The largest absolute Gasteiger partial charge is 0.477 e. The highest BCUT2D eigenvalue weighted by Crippen LogP contribution is 2.25. The first-order chi connectivity index (χ1) is 13.5. The standard InChI is InChI=1S/C21H23N3O4/c25-19(16-9-10-22-18(12-16)21(27)28)23-13-14-5-4-8-17(11-14)24-20(26)15-6-2-1-3-7-15/h4-5,8-12,15H,1-3,6-7,13H2,(H,23,25)(H,24,26)(H,27,28). The molecule has 1 aromatic carbocycles. The van der Waals surface area contributed by atoms with E-state index in [9.17, 15) is 14.4 Å².